The van der Waals surface area contributed by atoms with Crippen LogP contribution in [0.2, 0.25) is 0 Å². The summed E-state index contributed by atoms with van der Waals surface area (Å²) in [4.78, 5) is 45.5. The van der Waals surface area contributed by atoms with Crippen LogP contribution in [0, 0.1) is 11.6 Å². The van der Waals surface area contributed by atoms with Crippen LogP contribution in [0.4, 0.5) is 8.78 Å². The van der Waals surface area contributed by atoms with Crippen LogP contribution in [0.1, 0.15) is 18.9 Å². The van der Waals surface area contributed by atoms with Crippen LogP contribution in [0.25, 0.3) is 10.2 Å². The van der Waals surface area contributed by atoms with Crippen LogP contribution >= 0.6 is 23.1 Å². The molecule has 0 saturated heterocycles. The smallest absolute Gasteiger partial charge is 0.253 e. The Morgan fingerprint density at radius 1 is 1.29 bits per heavy atom. The van der Waals surface area contributed by atoms with Gasteiger partial charge >= 0.3 is 0 Å². The molecule has 0 saturated carbocycles. The van der Waals surface area contributed by atoms with Crippen molar-refractivity contribution in [2.24, 2.45) is 4.99 Å². The molecule has 162 valence electrons. The zero-order valence-corrected chi connectivity index (χ0v) is 17.9. The number of rotatable bonds is 5. The van der Waals surface area contributed by atoms with Crippen molar-refractivity contribution in [3.8, 4) is 5.75 Å². The SMILES string of the molecule is CC1(C)SC(c2nc3cc(F)c(O)c(F)c3s2)=NC1C(=O)NCCN1C(=O)C=CC1=O. The van der Waals surface area contributed by atoms with Crippen molar-refractivity contribution in [1.82, 2.24) is 15.2 Å². The van der Waals surface area contributed by atoms with E-state index in [1.807, 2.05) is 13.8 Å². The van der Waals surface area contributed by atoms with Gasteiger partial charge < -0.3 is 10.4 Å². The molecule has 31 heavy (non-hydrogen) atoms. The molecule has 4 rings (SSSR count). The zero-order valence-electron chi connectivity index (χ0n) is 16.3. The van der Waals surface area contributed by atoms with Crippen molar-refractivity contribution in [1.29, 1.82) is 0 Å². The Kier molecular flexibility index (Phi) is 5.30. The minimum Gasteiger partial charge on any atom is -0.503 e. The number of thiazole rings is 1. The van der Waals surface area contributed by atoms with Gasteiger partial charge in [-0.2, -0.15) is 0 Å². The topological polar surface area (TPSA) is 112 Å². The number of aromatic nitrogens is 1. The van der Waals surface area contributed by atoms with Crippen LogP contribution in [0.15, 0.2) is 23.2 Å². The van der Waals surface area contributed by atoms with Crippen molar-refractivity contribution in [2.45, 2.75) is 24.6 Å². The van der Waals surface area contributed by atoms with Crippen molar-refractivity contribution in [3.05, 3.63) is 34.9 Å². The van der Waals surface area contributed by atoms with Gasteiger partial charge in [0, 0.05) is 36.1 Å². The lowest BCUT2D eigenvalue weighted by Crippen LogP contribution is -2.45. The maximum atomic E-state index is 14.2. The molecular formula is C19H16F2N4O4S2. The van der Waals surface area contributed by atoms with Gasteiger partial charge in [0.05, 0.1) is 10.2 Å². The van der Waals surface area contributed by atoms with E-state index in [-0.39, 0.29) is 23.3 Å². The molecule has 1 atom stereocenters. The predicted octanol–water partition coefficient (Wildman–Crippen LogP) is 1.96. The van der Waals surface area contributed by atoms with Crippen LogP contribution in [0.5, 0.6) is 5.75 Å². The molecule has 2 aliphatic rings. The molecule has 0 spiro atoms. The summed E-state index contributed by atoms with van der Waals surface area (Å²) in [6.07, 6.45) is 2.34. The van der Waals surface area contributed by atoms with Gasteiger partial charge in [-0.3, -0.25) is 24.3 Å². The van der Waals surface area contributed by atoms with Gasteiger partial charge in [-0.05, 0) is 13.8 Å². The third-order valence-electron chi connectivity index (χ3n) is 4.78. The van der Waals surface area contributed by atoms with Crippen molar-refractivity contribution in [2.75, 3.05) is 13.1 Å². The minimum atomic E-state index is -1.11. The number of nitrogens with zero attached hydrogens (tertiary/aromatic N) is 3. The van der Waals surface area contributed by atoms with Gasteiger partial charge in [0.2, 0.25) is 5.91 Å². The van der Waals surface area contributed by atoms with Gasteiger partial charge in [-0.1, -0.05) is 11.8 Å². The molecule has 1 aromatic heterocycles. The summed E-state index contributed by atoms with van der Waals surface area (Å²) in [6, 6.07) is 0.150. The molecule has 2 N–H and O–H groups in total. The number of phenolic OH excluding ortho intramolecular Hbond substituents is 1. The van der Waals surface area contributed by atoms with E-state index in [9.17, 15) is 28.3 Å². The second-order valence-electron chi connectivity index (χ2n) is 7.38. The number of hydrogen-bond acceptors (Lipinski definition) is 8. The first-order valence-corrected chi connectivity index (χ1v) is 10.8. The number of thioether (sulfide) groups is 1. The summed E-state index contributed by atoms with van der Waals surface area (Å²) in [7, 11) is 0. The van der Waals surface area contributed by atoms with Crippen LogP contribution in [-0.4, -0.2) is 61.6 Å². The van der Waals surface area contributed by atoms with Crippen LogP contribution in [0.3, 0.4) is 0 Å². The first-order chi connectivity index (χ1) is 14.6. The number of aromatic hydroxyl groups is 1. The largest absolute Gasteiger partial charge is 0.503 e. The predicted molar refractivity (Wildman–Crippen MR) is 112 cm³/mol. The highest BCUT2D eigenvalue weighted by atomic mass is 32.2. The van der Waals surface area contributed by atoms with Crippen LogP contribution in [-0.2, 0) is 14.4 Å². The standard InChI is InChI=1S/C19H16F2N4O4S2/c1-19(2)15(16(29)22-5-6-25-10(26)3-4-11(25)27)24-18(31-19)17-23-9-7-8(20)13(28)12(21)14(9)30-17/h3-4,7,15,28H,5-6H2,1-2H3,(H,22,29). The van der Waals surface area contributed by atoms with Gasteiger partial charge in [0.1, 0.15) is 16.1 Å². The number of aliphatic imine (C=N–C) groups is 1. The van der Waals surface area contributed by atoms with Crippen molar-refractivity contribution >= 4 is 56.1 Å². The van der Waals surface area contributed by atoms with E-state index in [0.717, 1.165) is 22.3 Å². The third-order valence-corrected chi connectivity index (χ3v) is 7.22. The van der Waals surface area contributed by atoms with Gasteiger partial charge in [0.15, 0.2) is 17.4 Å². The maximum absolute atomic E-state index is 14.2. The number of nitrogens with one attached hydrogen (secondary N) is 1. The van der Waals surface area contributed by atoms with E-state index in [1.54, 1.807) is 0 Å². The Morgan fingerprint density at radius 2 is 1.97 bits per heavy atom. The monoisotopic (exact) mass is 466 g/mol. The fraction of sp³-hybridized carbons (Fsp3) is 0.316. The Labute approximate surface area is 183 Å². The highest BCUT2D eigenvalue weighted by Gasteiger charge is 2.43. The molecule has 0 aliphatic carbocycles. The summed E-state index contributed by atoms with van der Waals surface area (Å²) >= 11 is 2.19. The van der Waals surface area contributed by atoms with Gasteiger partial charge in [0.25, 0.3) is 11.8 Å². The summed E-state index contributed by atoms with van der Waals surface area (Å²) in [5, 5.41) is 12.9. The average molecular weight is 466 g/mol. The molecule has 0 bridgehead atoms. The maximum Gasteiger partial charge on any atom is 0.253 e. The van der Waals surface area contributed by atoms with Gasteiger partial charge in [-0.15, -0.1) is 11.3 Å². The van der Waals surface area contributed by atoms with E-state index >= 15 is 0 Å². The molecule has 2 aliphatic heterocycles. The number of carbonyl (C=O) groups is 3. The van der Waals surface area contributed by atoms with Crippen molar-refractivity contribution < 1.29 is 28.3 Å². The molecule has 3 heterocycles. The molecule has 3 amide bonds. The molecule has 12 heteroatoms. The quantitative estimate of drug-likeness (QED) is 0.652. The highest BCUT2D eigenvalue weighted by Crippen LogP contribution is 2.42. The number of phenols is 1. The summed E-state index contributed by atoms with van der Waals surface area (Å²) in [6.45, 7) is 3.75. The highest BCUT2D eigenvalue weighted by molar-refractivity contribution is 8.16. The molecule has 0 fully saturated rings. The van der Waals surface area contributed by atoms with E-state index in [0.29, 0.717) is 10.1 Å². The Morgan fingerprint density at radius 3 is 2.65 bits per heavy atom. The van der Waals surface area contributed by atoms with Gasteiger partial charge in [-0.25, -0.2) is 13.8 Å². The van der Waals surface area contributed by atoms with Crippen molar-refractivity contribution in [3.63, 3.8) is 0 Å². The van der Waals surface area contributed by atoms with E-state index < -0.39 is 45.9 Å². The summed E-state index contributed by atoms with van der Waals surface area (Å²) in [5.41, 5.74) is 0.0513. The fourth-order valence-corrected chi connectivity index (χ4v) is 5.38. The number of carbonyl (C=O) groups excluding carboxylic acids is 3. The molecular weight excluding hydrogens is 450 g/mol. The number of benzene rings is 1. The zero-order chi connectivity index (χ0) is 22.5. The van der Waals surface area contributed by atoms with E-state index in [2.05, 4.69) is 15.3 Å². The number of fused-ring (bicyclic) bond motifs is 1. The number of halogens is 2. The van der Waals surface area contributed by atoms with E-state index in [4.69, 9.17) is 0 Å². The Balaban J connectivity index is 1.50. The average Bonchev–Trinajstić information content (AvgIpc) is 3.36. The molecule has 1 aromatic carbocycles. The lowest BCUT2D eigenvalue weighted by atomic mass is 10.0. The second-order valence-corrected chi connectivity index (χ2v) is 10.0. The molecule has 1 unspecified atom stereocenters. The Hall–Kier alpha value is -2.86. The van der Waals surface area contributed by atoms with Crippen LogP contribution < -0.4 is 5.32 Å². The number of hydrogen-bond donors (Lipinski definition) is 2. The summed E-state index contributed by atoms with van der Waals surface area (Å²) < 4.78 is 27.1. The molecule has 8 nitrogen and oxygen atoms in total. The number of amides is 3. The lowest BCUT2D eigenvalue weighted by Gasteiger charge is -2.23. The minimum absolute atomic E-state index is 0.00327. The molecule has 0 radical (unpaired) electrons. The first-order valence-electron chi connectivity index (χ1n) is 9.14. The first kappa shape index (κ1) is 21.4. The Bertz CT molecular complexity index is 1170. The molecule has 2 aromatic rings. The second kappa shape index (κ2) is 7.68. The summed E-state index contributed by atoms with van der Waals surface area (Å²) in [5.74, 6) is -4.51. The third kappa shape index (κ3) is 3.81. The lowest BCUT2D eigenvalue weighted by molar-refractivity contribution is -0.137. The fourth-order valence-electron chi connectivity index (χ4n) is 3.20. The normalized spacial score (nSPS) is 20.1. The van der Waals surface area contributed by atoms with E-state index in [1.165, 1.54) is 23.9 Å². The number of imide groups is 1.